The summed E-state index contributed by atoms with van der Waals surface area (Å²) in [7, 11) is 1.67. The molecule has 2 atom stereocenters. The molecule has 0 saturated heterocycles. The third kappa shape index (κ3) is 7.41. The molecule has 1 aromatic heterocycles. The van der Waals surface area contributed by atoms with Gasteiger partial charge in [0.2, 0.25) is 5.91 Å². The quantitative estimate of drug-likeness (QED) is 0.220. The molecule has 5 rings (SSSR count). The second-order valence-corrected chi connectivity index (χ2v) is 11.4. The van der Waals surface area contributed by atoms with Gasteiger partial charge in [0.15, 0.2) is 0 Å². The van der Waals surface area contributed by atoms with Crippen LogP contribution in [0.15, 0.2) is 88.1 Å². The van der Waals surface area contributed by atoms with Crippen LogP contribution in [0, 0.1) is 5.92 Å². The lowest BCUT2D eigenvalue weighted by Crippen LogP contribution is -2.30. The van der Waals surface area contributed by atoms with E-state index in [-0.39, 0.29) is 24.3 Å². The molecule has 3 aromatic carbocycles. The van der Waals surface area contributed by atoms with Crippen molar-refractivity contribution in [3.63, 3.8) is 0 Å². The molecule has 222 valence electrons. The number of aromatic amines is 1. The van der Waals surface area contributed by atoms with Gasteiger partial charge in [-0.3, -0.25) is 9.79 Å². The van der Waals surface area contributed by atoms with Crippen LogP contribution in [-0.2, 0) is 17.6 Å². The number of halogens is 1. The number of fused-ring (bicyclic) bond motifs is 2. The van der Waals surface area contributed by atoms with Crippen LogP contribution in [0.5, 0.6) is 5.75 Å². The molecule has 0 radical (unpaired) electrons. The Labute approximate surface area is 258 Å². The van der Waals surface area contributed by atoms with Crippen LogP contribution in [-0.4, -0.2) is 41.7 Å². The molecule has 2 N–H and O–H groups in total. The molecule has 4 aromatic rings. The second-order valence-electron chi connectivity index (χ2n) is 11.0. The summed E-state index contributed by atoms with van der Waals surface area (Å²) in [5, 5.41) is 14.1. The average Bonchev–Trinajstić information content (AvgIpc) is 3.48. The molecular weight excluding hydrogens is 558 g/mol. The number of nitrogens with one attached hydrogen (secondary N) is 2. The average molecular weight is 596 g/mol. The fourth-order valence-corrected chi connectivity index (χ4v) is 5.62. The number of aromatic nitrogens is 1. The van der Waals surface area contributed by atoms with Crippen LogP contribution in [0.4, 0.5) is 0 Å². The first-order valence-electron chi connectivity index (χ1n) is 14.8. The fourth-order valence-electron chi connectivity index (χ4n) is 5.50. The van der Waals surface area contributed by atoms with Gasteiger partial charge in [-0.1, -0.05) is 42.8 Å². The van der Waals surface area contributed by atoms with Gasteiger partial charge in [0, 0.05) is 34.9 Å². The van der Waals surface area contributed by atoms with E-state index in [0.717, 1.165) is 58.3 Å². The molecule has 0 aliphatic carbocycles. The first kappa shape index (κ1) is 30.2. The summed E-state index contributed by atoms with van der Waals surface area (Å²) in [5.41, 5.74) is 7.59. The molecule has 1 aliphatic heterocycles. The predicted octanol–water partition coefficient (Wildman–Crippen LogP) is 7.53. The summed E-state index contributed by atoms with van der Waals surface area (Å²) in [5.74, 6) is 0.854. The van der Waals surface area contributed by atoms with Gasteiger partial charge < -0.3 is 15.0 Å². The zero-order valence-electron chi connectivity index (χ0n) is 25.2. The van der Waals surface area contributed by atoms with Crippen molar-refractivity contribution in [3.8, 4) is 5.75 Å². The van der Waals surface area contributed by atoms with Crippen LogP contribution >= 0.6 is 11.6 Å². The lowest BCUT2D eigenvalue weighted by molar-refractivity contribution is -0.119. The van der Waals surface area contributed by atoms with Gasteiger partial charge in [0.1, 0.15) is 11.8 Å². The van der Waals surface area contributed by atoms with Gasteiger partial charge in [-0.25, -0.2) is 0 Å². The highest BCUT2D eigenvalue weighted by Gasteiger charge is 2.24. The highest BCUT2D eigenvalue weighted by Crippen LogP contribution is 2.35. The second kappa shape index (κ2) is 13.8. The number of methoxy groups -OCH3 is 1. The number of H-pyrrole nitrogens is 1. The number of amides is 1. The Bertz CT molecular complexity index is 1690. The van der Waals surface area contributed by atoms with Crippen molar-refractivity contribution in [2.45, 2.75) is 52.5 Å². The summed E-state index contributed by atoms with van der Waals surface area (Å²) in [6.07, 6.45) is 4.47. The number of ether oxygens (including phenoxy) is 1. The summed E-state index contributed by atoms with van der Waals surface area (Å²) in [6, 6.07) is 21.9. The molecule has 1 aliphatic rings. The summed E-state index contributed by atoms with van der Waals surface area (Å²) in [4.78, 5) is 21.8. The first-order chi connectivity index (χ1) is 20.8. The van der Waals surface area contributed by atoms with E-state index in [1.165, 1.54) is 5.56 Å². The smallest absolute Gasteiger partial charge is 0.226 e. The minimum absolute atomic E-state index is 0.0847. The standard InChI is InChI=1S/C35H38ClN5O2/c1-5-25-19-27-9-12-30(43-4)20-31(27)35(26-7-10-29(36)11-8-26)39-33(23(3)41-40-22(25)2)21-34(42)38-16-14-24-6-13-32-28(18-24)15-17-37-32/h6-13,15,17-18,20,25,35,37H,5,14,16,19,21H2,1-4H3,(H,38,42)/b39-33?,40-22+,41-23-. The van der Waals surface area contributed by atoms with Crippen molar-refractivity contribution in [1.29, 1.82) is 0 Å². The third-order valence-electron chi connectivity index (χ3n) is 8.13. The highest BCUT2D eigenvalue weighted by atomic mass is 35.5. The van der Waals surface area contributed by atoms with Crippen molar-refractivity contribution < 1.29 is 9.53 Å². The van der Waals surface area contributed by atoms with Crippen molar-refractivity contribution in [3.05, 3.63) is 100 Å². The van der Waals surface area contributed by atoms with Gasteiger partial charge in [0.25, 0.3) is 0 Å². The number of benzene rings is 3. The molecule has 0 spiro atoms. The Morgan fingerprint density at radius 3 is 2.63 bits per heavy atom. The molecule has 7 nitrogen and oxygen atoms in total. The Kier molecular flexibility index (Phi) is 9.72. The van der Waals surface area contributed by atoms with Crippen LogP contribution in [0.2, 0.25) is 5.02 Å². The highest BCUT2D eigenvalue weighted by molar-refractivity contribution is 6.44. The van der Waals surface area contributed by atoms with E-state index in [9.17, 15) is 4.79 Å². The van der Waals surface area contributed by atoms with E-state index >= 15 is 0 Å². The summed E-state index contributed by atoms with van der Waals surface area (Å²) in [6.45, 7) is 6.59. The largest absolute Gasteiger partial charge is 0.497 e. The van der Waals surface area contributed by atoms with Gasteiger partial charge in [-0.2, -0.15) is 10.2 Å². The molecule has 0 saturated carbocycles. The number of carbonyl (C=O) groups is 1. The maximum absolute atomic E-state index is 13.3. The van der Waals surface area contributed by atoms with E-state index in [1.54, 1.807) is 7.11 Å². The number of aliphatic imine (C=N–C) groups is 1. The van der Waals surface area contributed by atoms with E-state index in [1.807, 2.05) is 50.4 Å². The van der Waals surface area contributed by atoms with Gasteiger partial charge in [-0.15, -0.1) is 0 Å². The van der Waals surface area contributed by atoms with Crippen molar-refractivity contribution in [2.24, 2.45) is 21.1 Å². The SMILES string of the molecule is CCC1Cc2ccc(OC)cc2C(c2ccc(Cl)cc2)N=C(CC(=O)NCCc2ccc3[nH]ccc3c2)/C(C)=N\N=C\1C. The van der Waals surface area contributed by atoms with Gasteiger partial charge in [-0.05, 0) is 103 Å². The third-order valence-corrected chi connectivity index (χ3v) is 8.38. The minimum Gasteiger partial charge on any atom is -0.497 e. The maximum atomic E-state index is 13.3. The molecule has 1 amide bonds. The topological polar surface area (TPSA) is 91.2 Å². The molecule has 8 heteroatoms. The lowest BCUT2D eigenvalue weighted by atomic mass is 9.87. The predicted molar refractivity (Wildman–Crippen MR) is 177 cm³/mol. The Morgan fingerprint density at radius 2 is 1.86 bits per heavy atom. The van der Waals surface area contributed by atoms with E-state index < -0.39 is 0 Å². The molecule has 0 bridgehead atoms. The summed E-state index contributed by atoms with van der Waals surface area (Å²) < 4.78 is 5.64. The molecule has 2 unspecified atom stereocenters. The van der Waals surface area contributed by atoms with Crippen LogP contribution in [0.3, 0.4) is 0 Å². The molecular formula is C35H38ClN5O2. The van der Waals surface area contributed by atoms with Crippen molar-refractivity contribution in [2.75, 3.05) is 13.7 Å². The Hall–Kier alpha value is -4.23. The Morgan fingerprint density at radius 1 is 1.05 bits per heavy atom. The van der Waals surface area contributed by atoms with Crippen molar-refractivity contribution in [1.82, 2.24) is 10.3 Å². The van der Waals surface area contributed by atoms with Crippen LogP contribution in [0.25, 0.3) is 10.9 Å². The molecule has 2 heterocycles. The lowest BCUT2D eigenvalue weighted by Gasteiger charge is -2.22. The molecule has 43 heavy (non-hydrogen) atoms. The summed E-state index contributed by atoms with van der Waals surface area (Å²) >= 11 is 6.27. The first-order valence-corrected chi connectivity index (χ1v) is 15.1. The van der Waals surface area contributed by atoms with Crippen molar-refractivity contribution >= 4 is 45.5 Å². The zero-order valence-corrected chi connectivity index (χ0v) is 25.9. The minimum atomic E-state index is -0.390. The number of rotatable bonds is 8. The number of hydrogen-bond acceptors (Lipinski definition) is 5. The number of nitrogens with zero attached hydrogens (tertiary/aromatic N) is 3. The van der Waals surface area contributed by atoms with E-state index in [2.05, 4.69) is 63.8 Å². The normalized spacial score (nSPS) is 19.7. The van der Waals surface area contributed by atoms with Crippen LogP contribution in [0.1, 0.15) is 61.9 Å². The monoisotopic (exact) mass is 595 g/mol. The van der Waals surface area contributed by atoms with E-state index in [0.29, 0.717) is 23.0 Å². The number of hydrogen-bond donors (Lipinski definition) is 2. The van der Waals surface area contributed by atoms with Gasteiger partial charge >= 0.3 is 0 Å². The maximum Gasteiger partial charge on any atom is 0.226 e. The Balaban J connectivity index is 1.49. The van der Waals surface area contributed by atoms with Gasteiger partial charge in [0.05, 0.1) is 25.0 Å². The van der Waals surface area contributed by atoms with E-state index in [4.69, 9.17) is 21.3 Å². The zero-order chi connectivity index (χ0) is 30.3. The fraction of sp³-hybridized carbons (Fsp3) is 0.314. The molecule has 0 fully saturated rings. The van der Waals surface area contributed by atoms with Crippen LogP contribution < -0.4 is 10.1 Å². The number of carbonyl (C=O) groups excluding carboxylic acids is 1.